The molecule has 0 aliphatic heterocycles. The second kappa shape index (κ2) is 10.7. The maximum atomic E-state index is 12.8. The molecular formula is C29H27N3O3. The van der Waals surface area contributed by atoms with Gasteiger partial charge in [-0.05, 0) is 60.4 Å². The Kier molecular flexibility index (Phi) is 7.27. The zero-order chi connectivity index (χ0) is 24.8. The molecule has 0 spiro atoms. The molecule has 0 saturated heterocycles. The van der Waals surface area contributed by atoms with E-state index in [4.69, 9.17) is 9.47 Å². The van der Waals surface area contributed by atoms with Gasteiger partial charge in [-0.1, -0.05) is 49.4 Å². The molecule has 6 nitrogen and oxygen atoms in total. The van der Waals surface area contributed by atoms with Crippen LogP contribution in [0.4, 0.5) is 0 Å². The fraction of sp³-hybridized carbons (Fsp3) is 0.207. The van der Waals surface area contributed by atoms with Crippen LogP contribution in [0.1, 0.15) is 36.0 Å². The Morgan fingerprint density at radius 1 is 0.971 bits per heavy atom. The topological polar surface area (TPSA) is 77.1 Å². The Labute approximate surface area is 205 Å². The van der Waals surface area contributed by atoms with Gasteiger partial charge in [0.25, 0.3) is 0 Å². The van der Waals surface area contributed by atoms with Crippen LogP contribution in [0.3, 0.4) is 0 Å². The van der Waals surface area contributed by atoms with E-state index in [0.717, 1.165) is 34.6 Å². The molecule has 0 bridgehead atoms. The summed E-state index contributed by atoms with van der Waals surface area (Å²) in [7, 11) is 1.60. The molecule has 0 aliphatic rings. The summed E-state index contributed by atoms with van der Waals surface area (Å²) in [6.07, 6.45) is 1.56. The number of nitrogens with zero attached hydrogens (tertiary/aromatic N) is 3. The van der Waals surface area contributed by atoms with Crippen LogP contribution in [-0.2, 0) is 13.0 Å². The van der Waals surface area contributed by atoms with Gasteiger partial charge < -0.3 is 14.0 Å². The van der Waals surface area contributed by atoms with Crippen LogP contribution in [0.5, 0.6) is 17.2 Å². The van der Waals surface area contributed by atoms with Gasteiger partial charge in [-0.15, -0.1) is 0 Å². The summed E-state index contributed by atoms with van der Waals surface area (Å²) in [5.74, 6) is 2.21. The molecule has 0 N–H and O–H groups in total. The number of hydrogen-bond donors (Lipinski definition) is 0. The van der Waals surface area contributed by atoms with E-state index in [-0.39, 0.29) is 11.3 Å². The first-order valence-corrected chi connectivity index (χ1v) is 11.5. The SMILES string of the molecule is CCCc1nc(=O)c(Oc2ccc(OC)cc2)c(C)n1Cc1ccc(-c2ccccc2C#N)cc1. The molecule has 0 amide bonds. The third-order valence-electron chi connectivity index (χ3n) is 5.88. The van der Waals surface area contributed by atoms with Crippen molar-refractivity contribution in [3.05, 3.63) is 106 Å². The van der Waals surface area contributed by atoms with Crippen molar-refractivity contribution >= 4 is 0 Å². The molecule has 176 valence electrons. The quantitative estimate of drug-likeness (QED) is 0.324. The van der Waals surface area contributed by atoms with Crippen LogP contribution < -0.4 is 15.0 Å². The first-order chi connectivity index (χ1) is 17.0. The van der Waals surface area contributed by atoms with E-state index in [0.29, 0.717) is 30.0 Å². The van der Waals surface area contributed by atoms with Gasteiger partial charge in [0, 0.05) is 13.0 Å². The summed E-state index contributed by atoms with van der Waals surface area (Å²) in [6, 6.07) is 25.0. The number of hydrogen-bond acceptors (Lipinski definition) is 5. The van der Waals surface area contributed by atoms with Crippen LogP contribution in [0.15, 0.2) is 77.6 Å². The molecule has 4 rings (SSSR count). The number of aromatic nitrogens is 2. The van der Waals surface area contributed by atoms with E-state index in [1.54, 1.807) is 31.4 Å². The normalized spacial score (nSPS) is 10.6. The van der Waals surface area contributed by atoms with E-state index in [2.05, 4.69) is 18.0 Å². The third kappa shape index (κ3) is 5.25. The van der Waals surface area contributed by atoms with Crippen molar-refractivity contribution in [2.24, 2.45) is 0 Å². The molecule has 0 atom stereocenters. The van der Waals surface area contributed by atoms with Crippen LogP contribution in [0.2, 0.25) is 0 Å². The van der Waals surface area contributed by atoms with Crippen molar-refractivity contribution in [2.45, 2.75) is 33.2 Å². The van der Waals surface area contributed by atoms with Gasteiger partial charge in [0.05, 0.1) is 24.4 Å². The van der Waals surface area contributed by atoms with Gasteiger partial charge in [0.2, 0.25) is 5.75 Å². The summed E-state index contributed by atoms with van der Waals surface area (Å²) < 4.78 is 13.2. The van der Waals surface area contributed by atoms with Crippen molar-refractivity contribution in [3.63, 3.8) is 0 Å². The molecule has 0 fully saturated rings. The summed E-state index contributed by atoms with van der Waals surface area (Å²) in [5, 5.41) is 9.42. The monoisotopic (exact) mass is 465 g/mol. The van der Waals surface area contributed by atoms with Crippen LogP contribution in [-0.4, -0.2) is 16.7 Å². The predicted octanol–water partition coefficient (Wildman–Crippen LogP) is 5.89. The van der Waals surface area contributed by atoms with E-state index < -0.39 is 0 Å². The summed E-state index contributed by atoms with van der Waals surface area (Å²) >= 11 is 0. The molecule has 6 heteroatoms. The largest absolute Gasteiger partial charge is 0.497 e. The lowest BCUT2D eigenvalue weighted by Gasteiger charge is -2.19. The number of benzene rings is 3. The van der Waals surface area contributed by atoms with Gasteiger partial charge in [0.1, 0.15) is 17.3 Å². The van der Waals surface area contributed by atoms with E-state index in [1.165, 1.54) is 0 Å². The Morgan fingerprint density at radius 3 is 2.31 bits per heavy atom. The summed E-state index contributed by atoms with van der Waals surface area (Å²) in [5.41, 5.74) is 3.95. The highest BCUT2D eigenvalue weighted by atomic mass is 16.5. The van der Waals surface area contributed by atoms with Crippen LogP contribution in [0.25, 0.3) is 11.1 Å². The highest BCUT2D eigenvalue weighted by Crippen LogP contribution is 2.26. The molecule has 3 aromatic carbocycles. The Bertz CT molecular complexity index is 1420. The van der Waals surface area contributed by atoms with Crippen molar-refractivity contribution in [1.29, 1.82) is 5.26 Å². The van der Waals surface area contributed by atoms with Crippen molar-refractivity contribution in [3.8, 4) is 34.4 Å². The summed E-state index contributed by atoms with van der Waals surface area (Å²) in [4.78, 5) is 17.2. The first-order valence-electron chi connectivity index (χ1n) is 11.5. The fourth-order valence-corrected chi connectivity index (χ4v) is 4.01. The Balaban J connectivity index is 1.67. The molecule has 1 aromatic heterocycles. The molecule has 4 aromatic rings. The molecule has 0 aliphatic carbocycles. The van der Waals surface area contributed by atoms with Gasteiger partial charge >= 0.3 is 5.56 Å². The second-order valence-electron chi connectivity index (χ2n) is 8.22. The maximum Gasteiger partial charge on any atom is 0.316 e. The minimum atomic E-state index is -0.374. The minimum absolute atomic E-state index is 0.217. The van der Waals surface area contributed by atoms with Gasteiger partial charge in [-0.3, -0.25) is 4.79 Å². The van der Waals surface area contributed by atoms with Gasteiger partial charge in [0.15, 0.2) is 0 Å². The number of methoxy groups -OCH3 is 1. The minimum Gasteiger partial charge on any atom is -0.497 e. The molecule has 0 unspecified atom stereocenters. The first kappa shape index (κ1) is 23.8. The maximum absolute atomic E-state index is 12.8. The number of nitriles is 1. The smallest absolute Gasteiger partial charge is 0.316 e. The molecule has 35 heavy (non-hydrogen) atoms. The van der Waals surface area contributed by atoms with E-state index in [1.807, 2.05) is 60.0 Å². The van der Waals surface area contributed by atoms with E-state index in [9.17, 15) is 10.1 Å². The lowest BCUT2D eigenvalue weighted by molar-refractivity contribution is 0.412. The zero-order valence-corrected chi connectivity index (χ0v) is 20.1. The van der Waals surface area contributed by atoms with Gasteiger partial charge in [-0.25, -0.2) is 0 Å². The zero-order valence-electron chi connectivity index (χ0n) is 20.1. The molecule has 1 heterocycles. The molecule has 0 saturated carbocycles. The second-order valence-corrected chi connectivity index (χ2v) is 8.22. The van der Waals surface area contributed by atoms with Crippen molar-refractivity contribution in [1.82, 2.24) is 9.55 Å². The number of aryl methyl sites for hydroxylation is 1. The average Bonchev–Trinajstić information content (AvgIpc) is 2.89. The lowest BCUT2D eigenvalue weighted by Crippen LogP contribution is -2.22. The van der Waals surface area contributed by atoms with Crippen LogP contribution in [0, 0.1) is 18.3 Å². The van der Waals surface area contributed by atoms with Crippen molar-refractivity contribution < 1.29 is 9.47 Å². The highest BCUT2D eigenvalue weighted by Gasteiger charge is 2.16. The number of rotatable bonds is 8. The van der Waals surface area contributed by atoms with Crippen LogP contribution >= 0.6 is 0 Å². The predicted molar refractivity (Wildman–Crippen MR) is 136 cm³/mol. The number of ether oxygens (including phenoxy) is 2. The fourth-order valence-electron chi connectivity index (χ4n) is 4.01. The average molecular weight is 466 g/mol. The standard InChI is InChI=1S/C29H27N3O3/c1-4-7-27-31-29(33)28(35-25-16-14-24(34-3)15-17-25)20(2)32(27)19-21-10-12-22(13-11-21)26-9-6-5-8-23(26)18-30/h5-6,8-17H,4,7,19H2,1-3H3. The lowest BCUT2D eigenvalue weighted by atomic mass is 9.99. The van der Waals surface area contributed by atoms with Crippen molar-refractivity contribution in [2.75, 3.05) is 7.11 Å². The molecular weight excluding hydrogens is 438 g/mol. The highest BCUT2D eigenvalue weighted by molar-refractivity contribution is 5.70. The molecule has 0 radical (unpaired) electrons. The van der Waals surface area contributed by atoms with Gasteiger partial charge in [-0.2, -0.15) is 10.2 Å². The van der Waals surface area contributed by atoms with E-state index >= 15 is 0 Å². The summed E-state index contributed by atoms with van der Waals surface area (Å²) in [6.45, 7) is 4.50. The third-order valence-corrected chi connectivity index (χ3v) is 5.88. The Hall–Kier alpha value is -4.37. The Morgan fingerprint density at radius 2 is 1.66 bits per heavy atom.